The van der Waals surface area contributed by atoms with Gasteiger partial charge in [0.05, 0.1) is 19.6 Å². The molecule has 0 aromatic carbocycles. The summed E-state index contributed by atoms with van der Waals surface area (Å²) >= 11 is 0. The molecule has 12 heteroatoms. The van der Waals surface area contributed by atoms with Crippen LogP contribution in [-0.2, 0) is 9.47 Å². The summed E-state index contributed by atoms with van der Waals surface area (Å²) in [5, 5.41) is 0.966. The van der Waals surface area contributed by atoms with Gasteiger partial charge in [-0.15, -0.1) is 0 Å². The van der Waals surface area contributed by atoms with E-state index in [1.807, 2.05) is 0 Å². The van der Waals surface area contributed by atoms with Gasteiger partial charge >= 0.3 is 56.6 Å². The smallest absolute Gasteiger partial charge is 0.660 e. The third kappa shape index (κ3) is 22.8. The zero-order chi connectivity index (χ0) is 32.0. The summed E-state index contributed by atoms with van der Waals surface area (Å²) in [6.07, 6.45) is 5.11. The number of hydrogen-bond donors (Lipinski definition) is 1. The minimum absolute atomic E-state index is 0. The van der Waals surface area contributed by atoms with E-state index in [1.165, 1.54) is 25.7 Å². The van der Waals surface area contributed by atoms with Gasteiger partial charge in [0.1, 0.15) is 0 Å². The Morgan fingerprint density at radius 2 is 0.659 bits per heavy atom. The average molecular weight is 652 g/mol. The van der Waals surface area contributed by atoms with Crippen molar-refractivity contribution in [1.82, 2.24) is 0 Å². The van der Waals surface area contributed by atoms with E-state index in [0.717, 1.165) is 65.7 Å². The van der Waals surface area contributed by atoms with Crippen LogP contribution in [0.2, 0.25) is 54.4 Å². The van der Waals surface area contributed by atoms with E-state index in [4.69, 9.17) is 24.4 Å². The van der Waals surface area contributed by atoms with Crippen molar-refractivity contribution in [2.45, 2.75) is 142 Å². The second kappa shape index (κ2) is 24.4. The third-order valence-electron chi connectivity index (χ3n) is 10.1. The van der Waals surface area contributed by atoms with Gasteiger partial charge in [-0.3, -0.25) is 0 Å². The molecule has 0 aliphatic carbocycles. The average Bonchev–Trinajstić information content (AvgIpc) is 3.55. The van der Waals surface area contributed by atoms with E-state index in [1.54, 1.807) is 4.90 Å². The molecule has 0 bridgehead atoms. The zero-order valence-corrected chi connectivity index (χ0v) is 36.6. The van der Waals surface area contributed by atoms with Crippen LogP contribution in [-0.4, -0.2) is 90.4 Å². The second-order valence-electron chi connectivity index (χ2n) is 16.7. The van der Waals surface area contributed by atoms with Crippen molar-refractivity contribution in [2.75, 3.05) is 65.7 Å². The van der Waals surface area contributed by atoms with Crippen molar-refractivity contribution in [3.63, 3.8) is 0 Å². The molecule has 0 radical (unpaired) electrons. The molecule has 6 nitrogen and oxygen atoms in total. The molecule has 0 atom stereocenters. The first-order valence-corrected chi connectivity index (χ1v) is 25.4. The maximum Gasteiger partial charge on any atom is 1.00 e. The van der Waals surface area contributed by atoms with Crippen LogP contribution in [0.4, 0.5) is 0 Å². The molecule has 2 fully saturated rings. The standard InChI is InChI=1S/C24H57N4Si3.2C4H8O.3Li/c1-22(2,3)29(10,11)25-16-19-28(20-17-26-30(12,13)23(4,5)6)21-18-27-31(14,15)24(7,8)9;2*1-2-4-5-3-1;;;/h16-21H2,1-15H3;2*1-4H2;;;/q-3;;;3*+1/p+1. The molecule has 2 aliphatic rings. The number of hydrogen-bond acceptors (Lipinski definition) is 2. The number of nitrogens with one attached hydrogen (secondary N) is 1. The minimum atomic E-state index is -1.57. The van der Waals surface area contributed by atoms with Crippen molar-refractivity contribution in [1.29, 1.82) is 0 Å². The molecule has 0 aromatic rings. The van der Waals surface area contributed by atoms with E-state index < -0.39 is 24.7 Å². The molecule has 0 amide bonds. The quantitative estimate of drug-likeness (QED) is 0.293. The Kier molecular flexibility index (Phi) is 29.4. The van der Waals surface area contributed by atoms with Gasteiger partial charge < -0.3 is 29.3 Å². The van der Waals surface area contributed by atoms with Crippen LogP contribution in [0.25, 0.3) is 14.9 Å². The Hall–Kier alpha value is 2.20. The van der Waals surface area contributed by atoms with Gasteiger partial charge in [-0.1, -0.05) is 161 Å². The number of nitrogens with zero attached hydrogens (tertiary/aromatic N) is 3. The Balaban J connectivity index is -0.000000513. The number of quaternary nitrogens is 1. The van der Waals surface area contributed by atoms with Crippen molar-refractivity contribution >= 4 is 24.7 Å². The van der Waals surface area contributed by atoms with E-state index in [-0.39, 0.29) is 56.6 Å². The first-order valence-electron chi connectivity index (χ1n) is 16.6. The fourth-order valence-electron chi connectivity index (χ4n) is 3.59. The molecule has 2 saturated heterocycles. The summed E-state index contributed by atoms with van der Waals surface area (Å²) in [5.41, 5.74) is 0. The summed E-state index contributed by atoms with van der Waals surface area (Å²) in [6, 6.07) is 0. The van der Waals surface area contributed by atoms with Gasteiger partial charge in [-0.05, 0) is 25.7 Å². The van der Waals surface area contributed by atoms with Crippen molar-refractivity contribution < 1.29 is 71.0 Å². The van der Waals surface area contributed by atoms with E-state index in [0.29, 0.717) is 15.1 Å². The summed E-state index contributed by atoms with van der Waals surface area (Å²) < 4.78 is 9.89. The topological polar surface area (TPSA) is 65.2 Å². The van der Waals surface area contributed by atoms with Crippen LogP contribution < -0.4 is 61.5 Å². The molecule has 44 heavy (non-hydrogen) atoms. The fraction of sp³-hybridized carbons (Fsp3) is 1.00. The summed E-state index contributed by atoms with van der Waals surface area (Å²) in [4.78, 5) is 17.3. The second-order valence-corrected chi connectivity index (χ2v) is 31.5. The Morgan fingerprint density at radius 1 is 0.455 bits per heavy atom. The monoisotopic (exact) mass is 652 g/mol. The van der Waals surface area contributed by atoms with Gasteiger partial charge in [0.2, 0.25) is 0 Å². The van der Waals surface area contributed by atoms with Gasteiger partial charge in [0.25, 0.3) is 0 Å². The predicted octanol–water partition coefficient (Wildman–Crippen LogP) is -0.386. The Morgan fingerprint density at radius 3 is 0.795 bits per heavy atom. The zero-order valence-electron chi connectivity index (χ0n) is 33.6. The summed E-state index contributed by atoms with van der Waals surface area (Å²) in [6.45, 7) is 45.9. The molecule has 0 saturated carbocycles. The van der Waals surface area contributed by atoms with Crippen LogP contribution in [0.5, 0.6) is 0 Å². The maximum atomic E-state index is 5.23. The van der Waals surface area contributed by atoms with Crippen LogP contribution in [0, 0.1) is 0 Å². The molecule has 2 rings (SSSR count). The molecule has 248 valence electrons. The van der Waals surface area contributed by atoms with E-state index in [2.05, 4.69) is 102 Å². The molecule has 2 aliphatic heterocycles. The van der Waals surface area contributed by atoms with Gasteiger partial charge in [-0.25, -0.2) is 0 Å². The summed E-state index contributed by atoms with van der Waals surface area (Å²) in [5.74, 6) is 0. The van der Waals surface area contributed by atoms with E-state index in [9.17, 15) is 0 Å². The Labute approximate surface area is 316 Å². The van der Waals surface area contributed by atoms with Crippen molar-refractivity contribution in [3.05, 3.63) is 14.9 Å². The number of ether oxygens (including phenoxy) is 2. The van der Waals surface area contributed by atoms with Crippen LogP contribution >= 0.6 is 0 Å². The van der Waals surface area contributed by atoms with Gasteiger partial charge in [-0.2, -0.15) is 0 Å². The van der Waals surface area contributed by atoms with E-state index >= 15 is 0 Å². The van der Waals surface area contributed by atoms with Crippen LogP contribution in [0.3, 0.4) is 0 Å². The normalized spacial score (nSPS) is 16.1. The first-order chi connectivity index (χ1) is 18.5. The van der Waals surface area contributed by atoms with Crippen molar-refractivity contribution in [3.8, 4) is 0 Å². The Bertz CT molecular complexity index is 590. The molecule has 2 heterocycles. The fourth-order valence-corrected chi connectivity index (χ4v) is 7.02. The molecule has 0 spiro atoms. The largest absolute Gasteiger partial charge is 1.00 e. The minimum Gasteiger partial charge on any atom is -0.660 e. The van der Waals surface area contributed by atoms with Crippen LogP contribution in [0.1, 0.15) is 88.0 Å². The predicted molar refractivity (Wildman–Crippen MR) is 192 cm³/mol. The van der Waals surface area contributed by atoms with Crippen LogP contribution in [0.15, 0.2) is 0 Å². The molecule has 1 N–H and O–H groups in total. The molecular weight excluding hydrogens is 577 g/mol. The third-order valence-corrected chi connectivity index (χ3v) is 24.1. The maximum absolute atomic E-state index is 5.23. The molecule has 0 unspecified atom stereocenters. The molecule has 0 aromatic heterocycles. The van der Waals surface area contributed by atoms with Gasteiger partial charge in [0, 0.05) is 26.4 Å². The summed E-state index contributed by atoms with van der Waals surface area (Å²) in [7, 11) is -4.70. The van der Waals surface area contributed by atoms with Gasteiger partial charge in [0.15, 0.2) is 0 Å². The first kappa shape index (κ1) is 53.0. The molecular formula is C32H74Li3N4O2Si3+. The van der Waals surface area contributed by atoms with Crippen molar-refractivity contribution in [2.24, 2.45) is 0 Å². The number of rotatable bonds is 12. The SMILES string of the molecule is C1CCOC1.C1CCOC1.CC(C)(C)[Si](C)(C)[N-]CC[NH+](CC[N-][Si](C)(C)C(C)(C)C)CC[N-][Si](C)(C)C(C)(C)C.[Li+].[Li+].[Li+].